The second kappa shape index (κ2) is 27.9. The molecule has 2 amide bonds. The number of aryl methyl sites for hydroxylation is 1. The molecule has 5 heterocycles. The van der Waals surface area contributed by atoms with Crippen LogP contribution in [0.15, 0.2) is 60.8 Å². The Morgan fingerprint density at radius 3 is 2.19 bits per heavy atom. The maximum atomic E-state index is 14.4. The van der Waals surface area contributed by atoms with Gasteiger partial charge in [-0.15, -0.1) is 5.10 Å². The van der Waals surface area contributed by atoms with Crippen molar-refractivity contribution in [3.05, 3.63) is 71.9 Å². The fraction of sp³-hybridized carbons (Fsp3) is 0.702. The minimum absolute atomic E-state index is 0.0985. The molecular formula is C57H81N5O19. The minimum Gasteiger partial charge on any atom is -0.450 e. The average molecular weight is 1140 g/mol. The number of hydrogen-bond donors (Lipinski definition) is 9. The Balaban J connectivity index is 0.955. The Bertz CT molecular complexity index is 2500. The van der Waals surface area contributed by atoms with Gasteiger partial charge in [0.25, 0.3) is 5.91 Å². The second-order valence-electron chi connectivity index (χ2n) is 22.6. The molecule has 3 aromatic rings. The minimum atomic E-state index is -1.72. The van der Waals surface area contributed by atoms with Crippen molar-refractivity contribution in [3.63, 3.8) is 0 Å². The molecule has 1 aromatic heterocycles. The average Bonchev–Trinajstić information content (AvgIpc) is 4.05. The lowest BCUT2D eigenvalue weighted by atomic mass is 9.75. The summed E-state index contributed by atoms with van der Waals surface area (Å²) in [5, 5.41) is 99.8. The Kier molecular flexibility index (Phi) is 21.0. The van der Waals surface area contributed by atoms with Crippen molar-refractivity contribution in [3.8, 4) is 11.3 Å². The van der Waals surface area contributed by atoms with Crippen molar-refractivity contribution in [2.24, 2.45) is 17.8 Å². The number of carbonyl (C=O) groups is 3. The second-order valence-corrected chi connectivity index (χ2v) is 22.6. The fourth-order valence-electron chi connectivity index (χ4n) is 12.2. The molecule has 0 bridgehead atoms. The maximum absolute atomic E-state index is 14.4. The molecule has 6 fully saturated rings. The highest BCUT2D eigenvalue weighted by molar-refractivity contribution is 5.89. The van der Waals surface area contributed by atoms with Crippen LogP contribution in [0.25, 0.3) is 11.3 Å². The SMILES string of the molecule is CC[C@@H]1CC(C(=O)NCCO[C@H]2O[C@H](CO)[C@@H](O)C(n3cc(-c4cccc(C)c4)nn3)C2O)C[C@@H](O[C@@H]2OC(CO)[C@H](O)C(O[C@@H](CC3CCCCC3)C(=O)N3CCC3)C2OC(=O)c2ccccc2)C1O[C@@H]1OC(C)[C@@H](O)[C@H](O)C1O. The van der Waals surface area contributed by atoms with Gasteiger partial charge in [0.15, 0.2) is 25.0 Å². The highest BCUT2D eigenvalue weighted by Crippen LogP contribution is 2.41. The summed E-state index contributed by atoms with van der Waals surface area (Å²) in [6, 6.07) is 14.5. The lowest BCUT2D eigenvalue weighted by molar-refractivity contribution is -0.349. The van der Waals surface area contributed by atoms with E-state index in [9.17, 15) is 55.2 Å². The highest BCUT2D eigenvalue weighted by Gasteiger charge is 2.55. The van der Waals surface area contributed by atoms with E-state index in [1.54, 1.807) is 29.3 Å². The van der Waals surface area contributed by atoms with Gasteiger partial charge in [-0.2, -0.15) is 0 Å². The van der Waals surface area contributed by atoms with Crippen LogP contribution < -0.4 is 5.32 Å². The summed E-state index contributed by atoms with van der Waals surface area (Å²) in [5.41, 5.74) is 2.40. The van der Waals surface area contributed by atoms with Crippen molar-refractivity contribution in [1.29, 1.82) is 0 Å². The van der Waals surface area contributed by atoms with Gasteiger partial charge in [-0.25, -0.2) is 9.48 Å². The summed E-state index contributed by atoms with van der Waals surface area (Å²) >= 11 is 0. The number of nitrogens with zero attached hydrogens (tertiary/aromatic N) is 4. The molecule has 2 saturated carbocycles. The molecule has 2 aliphatic carbocycles. The number of aliphatic hydroxyl groups is 8. The molecule has 2 aromatic carbocycles. The first kappa shape index (κ1) is 61.0. The Hall–Kier alpha value is -4.61. The zero-order chi connectivity index (χ0) is 57.5. The molecule has 0 spiro atoms. The summed E-state index contributed by atoms with van der Waals surface area (Å²) < 4.78 is 51.8. The number of esters is 1. The van der Waals surface area contributed by atoms with E-state index in [2.05, 4.69) is 15.6 Å². The van der Waals surface area contributed by atoms with Crippen LogP contribution in [0.3, 0.4) is 0 Å². The fourth-order valence-corrected chi connectivity index (χ4v) is 12.2. The topological polar surface area (TPSA) is 333 Å². The molecule has 6 aliphatic rings. The number of aliphatic hydroxyl groups excluding tert-OH is 8. The van der Waals surface area contributed by atoms with Crippen LogP contribution in [0, 0.1) is 24.7 Å². The molecule has 4 saturated heterocycles. The van der Waals surface area contributed by atoms with Crippen LogP contribution in [0.4, 0.5) is 0 Å². The Morgan fingerprint density at radius 1 is 0.765 bits per heavy atom. The molecule has 20 atom stereocenters. The lowest BCUT2D eigenvalue weighted by Crippen LogP contribution is -2.64. The number of nitrogens with one attached hydrogen (secondary N) is 1. The Labute approximate surface area is 470 Å². The summed E-state index contributed by atoms with van der Waals surface area (Å²) in [7, 11) is 0. The first-order valence-corrected chi connectivity index (χ1v) is 28.7. The molecule has 448 valence electrons. The third-order valence-electron chi connectivity index (χ3n) is 17.0. The number of hydrogen-bond acceptors (Lipinski definition) is 21. The maximum Gasteiger partial charge on any atom is 0.338 e. The molecule has 4 aliphatic heterocycles. The van der Waals surface area contributed by atoms with Gasteiger partial charge < -0.3 is 89.0 Å². The van der Waals surface area contributed by atoms with Crippen LogP contribution in [-0.2, 0) is 47.5 Å². The molecule has 0 radical (unpaired) electrons. The van der Waals surface area contributed by atoms with Gasteiger partial charge in [0.05, 0.1) is 49.9 Å². The van der Waals surface area contributed by atoms with E-state index in [0.29, 0.717) is 31.6 Å². The lowest BCUT2D eigenvalue weighted by Gasteiger charge is -2.49. The summed E-state index contributed by atoms with van der Waals surface area (Å²) in [6.07, 6.45) is -15.8. The van der Waals surface area contributed by atoms with Crippen molar-refractivity contribution in [2.75, 3.05) is 39.5 Å². The van der Waals surface area contributed by atoms with Gasteiger partial charge in [0.1, 0.15) is 72.8 Å². The van der Waals surface area contributed by atoms with E-state index in [1.807, 2.05) is 38.1 Å². The van der Waals surface area contributed by atoms with Crippen molar-refractivity contribution in [2.45, 2.75) is 195 Å². The normalized spacial score (nSPS) is 36.1. The quantitative estimate of drug-likeness (QED) is 0.0523. The monoisotopic (exact) mass is 1140 g/mol. The van der Waals surface area contributed by atoms with E-state index in [0.717, 1.165) is 49.7 Å². The zero-order valence-corrected chi connectivity index (χ0v) is 46.1. The first-order valence-electron chi connectivity index (χ1n) is 28.7. The molecule has 9 unspecified atom stereocenters. The van der Waals surface area contributed by atoms with Gasteiger partial charge in [-0.3, -0.25) is 9.59 Å². The predicted molar refractivity (Wildman–Crippen MR) is 283 cm³/mol. The summed E-state index contributed by atoms with van der Waals surface area (Å²) in [4.78, 5) is 44.5. The summed E-state index contributed by atoms with van der Waals surface area (Å²) in [6.45, 7) is 4.71. The smallest absolute Gasteiger partial charge is 0.338 e. The number of ether oxygens (including phenoxy) is 8. The van der Waals surface area contributed by atoms with E-state index in [4.69, 9.17) is 37.9 Å². The largest absolute Gasteiger partial charge is 0.450 e. The third-order valence-corrected chi connectivity index (χ3v) is 17.0. The number of benzene rings is 2. The van der Waals surface area contributed by atoms with E-state index in [-0.39, 0.29) is 43.4 Å². The molecule has 9 rings (SSSR count). The molecule has 81 heavy (non-hydrogen) atoms. The zero-order valence-electron chi connectivity index (χ0n) is 46.1. The van der Waals surface area contributed by atoms with E-state index >= 15 is 0 Å². The van der Waals surface area contributed by atoms with Crippen LogP contribution >= 0.6 is 0 Å². The van der Waals surface area contributed by atoms with Gasteiger partial charge in [-0.05, 0) is 69.6 Å². The number of likely N-dealkylation sites (tertiary alicyclic amines) is 1. The van der Waals surface area contributed by atoms with Gasteiger partial charge in [0, 0.05) is 31.1 Å². The van der Waals surface area contributed by atoms with Crippen LogP contribution in [0.2, 0.25) is 0 Å². The van der Waals surface area contributed by atoms with Crippen LogP contribution in [0.1, 0.15) is 100 Å². The number of amides is 2. The number of carbonyl (C=O) groups excluding carboxylic acids is 3. The van der Waals surface area contributed by atoms with E-state index in [1.165, 1.54) is 23.7 Å². The molecule has 24 heteroatoms. The van der Waals surface area contributed by atoms with Gasteiger partial charge in [-0.1, -0.05) is 92.6 Å². The van der Waals surface area contributed by atoms with E-state index < -0.39 is 147 Å². The van der Waals surface area contributed by atoms with Gasteiger partial charge in [0.2, 0.25) is 5.91 Å². The number of rotatable bonds is 21. The van der Waals surface area contributed by atoms with Crippen molar-refractivity contribution >= 4 is 17.8 Å². The molecule has 24 nitrogen and oxygen atoms in total. The van der Waals surface area contributed by atoms with Crippen LogP contribution in [0.5, 0.6) is 0 Å². The first-order chi connectivity index (χ1) is 39.1. The highest BCUT2D eigenvalue weighted by atomic mass is 16.7. The Morgan fingerprint density at radius 2 is 1.49 bits per heavy atom. The van der Waals surface area contributed by atoms with Crippen LogP contribution in [-0.4, -0.2) is 222 Å². The van der Waals surface area contributed by atoms with Crippen molar-refractivity contribution in [1.82, 2.24) is 25.2 Å². The predicted octanol–water partition coefficient (Wildman–Crippen LogP) is 0.661. The van der Waals surface area contributed by atoms with Gasteiger partial charge >= 0.3 is 5.97 Å². The third kappa shape index (κ3) is 14.2. The molecular weight excluding hydrogens is 1060 g/mol. The molecule has 9 N–H and O–H groups in total. The number of aromatic nitrogens is 3. The summed E-state index contributed by atoms with van der Waals surface area (Å²) in [5.74, 6) is -2.75. The standard InChI is InChI=1S/C57H81N5O19/c1-4-33-25-36(52(71)58-19-22-74-55-46(68)42(44(66)40(28-63)78-55)62-27-37(59-60-62)35-18-11-13-30(2)23-35)26-38(49(33)81-56-48(70)47(69)43(65)31(3)75-56)77-57-51(80-54(73)34-16-9-6-10-17-34)50(45(67)41(29-64)79-57)76-39(53(72)61-20-12-21-61)24-32-14-7-5-8-15-32/h6,9-11,13,16-18,23,27,31-33,36,38-51,55-57,63-70H,4-5,7-8,12,14-15,19-22,24-26,28-29H2,1-3H3,(H,58,71)/t31?,33-,36?,38-,39+,40-,41?,42?,43-,44-,45+,46?,47+,48?,49?,50?,51?,55+,56+,57-/m1/s1. The van der Waals surface area contributed by atoms with Crippen molar-refractivity contribution < 1.29 is 93.1 Å².